The topological polar surface area (TPSA) is 164 Å². The number of carbonyl (C=O) groups excluding carboxylic acids is 2. The van der Waals surface area contributed by atoms with Crippen LogP contribution < -0.4 is 25.8 Å². The predicted molar refractivity (Wildman–Crippen MR) is 127 cm³/mol. The number of amides is 2. The Morgan fingerprint density at radius 2 is 1.94 bits per heavy atom. The van der Waals surface area contributed by atoms with E-state index >= 15 is 0 Å². The second kappa shape index (κ2) is 11.4. The van der Waals surface area contributed by atoms with Gasteiger partial charge in [0.25, 0.3) is 0 Å². The smallest absolute Gasteiger partial charge is 0.243 e. The number of hydrogen-bond acceptors (Lipinski definition) is 11. The Labute approximate surface area is 200 Å². The maximum atomic E-state index is 12.4. The number of nitrogens with zero attached hydrogens (tertiary/aromatic N) is 5. The summed E-state index contributed by atoms with van der Waals surface area (Å²) in [7, 11) is 1.49. The average Bonchev–Trinajstić information content (AvgIpc) is 2.89. The molecule has 13 nitrogen and oxygen atoms in total. The van der Waals surface area contributed by atoms with Crippen LogP contribution in [0.3, 0.4) is 0 Å². The fourth-order valence-electron chi connectivity index (χ4n) is 3.61. The minimum absolute atomic E-state index is 0.0319. The molecule has 1 aromatic carbocycles. The fraction of sp³-hybridized carbons (Fsp3) is 0.364. The van der Waals surface area contributed by atoms with Crippen molar-refractivity contribution in [2.45, 2.75) is 19.3 Å². The lowest BCUT2D eigenvalue weighted by atomic mass is 10.1. The molecule has 0 unspecified atom stereocenters. The molecule has 184 valence electrons. The van der Waals surface area contributed by atoms with Gasteiger partial charge in [-0.1, -0.05) is 0 Å². The van der Waals surface area contributed by atoms with E-state index in [0.29, 0.717) is 47.3 Å². The molecule has 2 aromatic heterocycles. The Kier molecular flexibility index (Phi) is 7.80. The molecule has 35 heavy (non-hydrogen) atoms. The largest absolute Gasteiger partial charge is 0.494 e. The number of aromatic nitrogens is 4. The first-order valence-electron chi connectivity index (χ1n) is 11.1. The Bertz CT molecular complexity index is 1200. The third-order valence-electron chi connectivity index (χ3n) is 5.37. The van der Waals surface area contributed by atoms with Gasteiger partial charge in [0.2, 0.25) is 17.8 Å². The maximum absolute atomic E-state index is 12.4. The third-order valence-corrected chi connectivity index (χ3v) is 5.37. The van der Waals surface area contributed by atoms with Gasteiger partial charge in [-0.25, -0.2) is 20.4 Å². The summed E-state index contributed by atoms with van der Waals surface area (Å²) in [5.74, 6) is 1.20. The van der Waals surface area contributed by atoms with Crippen molar-refractivity contribution in [1.82, 2.24) is 25.4 Å². The molecule has 3 aromatic rings. The predicted octanol–water partition coefficient (Wildman–Crippen LogP) is 1.62. The highest BCUT2D eigenvalue weighted by Crippen LogP contribution is 2.33. The first-order valence-corrected chi connectivity index (χ1v) is 11.1. The molecule has 13 heteroatoms. The number of hydrogen-bond donors (Lipinski definition) is 4. The summed E-state index contributed by atoms with van der Waals surface area (Å²) >= 11 is 0. The third kappa shape index (κ3) is 6.07. The van der Waals surface area contributed by atoms with Gasteiger partial charge >= 0.3 is 0 Å². The van der Waals surface area contributed by atoms with E-state index in [0.717, 1.165) is 18.9 Å². The highest BCUT2D eigenvalue weighted by molar-refractivity contribution is 5.99. The molecule has 0 bridgehead atoms. The molecule has 0 spiro atoms. The molecule has 1 aliphatic rings. The first kappa shape index (κ1) is 24.0. The zero-order valence-corrected chi connectivity index (χ0v) is 19.2. The molecule has 0 radical (unpaired) electrons. The monoisotopic (exact) mass is 482 g/mol. The number of hydroxylamine groups is 1. The van der Waals surface area contributed by atoms with Gasteiger partial charge in [0.1, 0.15) is 23.7 Å². The van der Waals surface area contributed by atoms with Crippen molar-refractivity contribution in [3.05, 3.63) is 30.7 Å². The van der Waals surface area contributed by atoms with Crippen LogP contribution in [-0.4, -0.2) is 70.4 Å². The number of morpholine rings is 1. The van der Waals surface area contributed by atoms with Crippen molar-refractivity contribution in [1.29, 1.82) is 0 Å². The first-order chi connectivity index (χ1) is 17.1. The van der Waals surface area contributed by atoms with Crippen molar-refractivity contribution >= 4 is 46.0 Å². The van der Waals surface area contributed by atoms with Crippen LogP contribution in [0.5, 0.6) is 5.75 Å². The molecule has 3 heterocycles. The average molecular weight is 483 g/mol. The zero-order chi connectivity index (χ0) is 24.6. The van der Waals surface area contributed by atoms with Crippen molar-refractivity contribution in [3.8, 4) is 5.75 Å². The highest BCUT2D eigenvalue weighted by Gasteiger charge is 2.16. The SMILES string of the molecule is COc1cc2ncnc(Nc3nccc(N4CCOCC4)n3)c2cc1NC(=O)CCCC(=O)NO. The van der Waals surface area contributed by atoms with Crippen LogP contribution in [0.25, 0.3) is 10.9 Å². The highest BCUT2D eigenvalue weighted by atomic mass is 16.5. The lowest BCUT2D eigenvalue weighted by Crippen LogP contribution is -2.36. The number of nitrogens with one attached hydrogen (secondary N) is 3. The van der Waals surface area contributed by atoms with Gasteiger partial charge in [-0.2, -0.15) is 4.98 Å². The zero-order valence-electron chi connectivity index (χ0n) is 19.2. The number of rotatable bonds is 9. The van der Waals surface area contributed by atoms with Crippen molar-refractivity contribution in [3.63, 3.8) is 0 Å². The molecule has 1 aliphatic heterocycles. The van der Waals surface area contributed by atoms with Crippen LogP contribution in [0, 0.1) is 0 Å². The second-order valence-corrected chi connectivity index (χ2v) is 7.69. The van der Waals surface area contributed by atoms with E-state index in [1.807, 2.05) is 6.07 Å². The molecule has 2 amide bonds. The van der Waals surface area contributed by atoms with Crippen LogP contribution in [0.2, 0.25) is 0 Å². The van der Waals surface area contributed by atoms with Crippen molar-refractivity contribution in [2.75, 3.05) is 48.9 Å². The minimum atomic E-state index is -0.547. The number of anilines is 4. The van der Waals surface area contributed by atoms with Crippen LogP contribution in [0.4, 0.5) is 23.3 Å². The molecule has 1 saturated heterocycles. The lowest BCUT2D eigenvalue weighted by Gasteiger charge is -2.27. The minimum Gasteiger partial charge on any atom is -0.494 e. The molecule has 4 rings (SSSR count). The Balaban J connectivity index is 1.55. The van der Waals surface area contributed by atoms with Gasteiger partial charge in [0.05, 0.1) is 31.5 Å². The molecule has 0 atom stereocenters. The van der Waals surface area contributed by atoms with Crippen LogP contribution in [0.1, 0.15) is 19.3 Å². The van der Waals surface area contributed by atoms with Gasteiger partial charge in [-0.3, -0.25) is 14.8 Å². The standard InChI is InChI=1S/C22H26N8O5/c1-34-17-12-15-14(11-16(17)26-19(31)3-2-4-20(32)29-33)21(25-13-24-15)28-22-23-6-5-18(27-22)30-7-9-35-10-8-30/h5-6,11-13,33H,2-4,7-10H2,1H3,(H,26,31)(H,29,32)(H,23,24,25,27,28). The van der Waals surface area contributed by atoms with Crippen LogP contribution in [-0.2, 0) is 14.3 Å². The van der Waals surface area contributed by atoms with E-state index in [-0.39, 0.29) is 25.2 Å². The van der Waals surface area contributed by atoms with Crippen molar-refractivity contribution < 1.29 is 24.3 Å². The summed E-state index contributed by atoms with van der Waals surface area (Å²) in [4.78, 5) is 43.2. The van der Waals surface area contributed by atoms with Crippen LogP contribution in [0.15, 0.2) is 30.7 Å². The fourth-order valence-corrected chi connectivity index (χ4v) is 3.61. The van der Waals surface area contributed by atoms with Gasteiger partial charge < -0.3 is 25.0 Å². The summed E-state index contributed by atoms with van der Waals surface area (Å²) in [6.07, 6.45) is 3.49. The van der Waals surface area contributed by atoms with E-state index in [4.69, 9.17) is 14.7 Å². The van der Waals surface area contributed by atoms with Crippen molar-refractivity contribution in [2.24, 2.45) is 0 Å². The molecule has 1 fully saturated rings. The number of methoxy groups -OCH3 is 1. The quantitative estimate of drug-likeness (QED) is 0.259. The Hall–Kier alpha value is -4.10. The summed E-state index contributed by atoms with van der Waals surface area (Å²) in [5.41, 5.74) is 2.57. The van der Waals surface area contributed by atoms with E-state index in [1.165, 1.54) is 13.4 Å². The number of ether oxygens (including phenoxy) is 2. The van der Waals surface area contributed by atoms with Crippen LogP contribution >= 0.6 is 0 Å². The Morgan fingerprint density at radius 1 is 1.14 bits per heavy atom. The summed E-state index contributed by atoms with van der Waals surface area (Å²) in [6, 6.07) is 5.25. The van der Waals surface area contributed by atoms with E-state index in [2.05, 4.69) is 35.5 Å². The summed E-state index contributed by atoms with van der Waals surface area (Å²) < 4.78 is 10.8. The molecular weight excluding hydrogens is 456 g/mol. The summed E-state index contributed by atoms with van der Waals surface area (Å²) in [5, 5.41) is 15.1. The van der Waals surface area contributed by atoms with E-state index in [1.54, 1.807) is 23.8 Å². The Morgan fingerprint density at radius 3 is 2.71 bits per heavy atom. The normalized spacial score (nSPS) is 13.4. The van der Waals surface area contributed by atoms with E-state index in [9.17, 15) is 9.59 Å². The van der Waals surface area contributed by atoms with Gasteiger partial charge in [-0.15, -0.1) is 0 Å². The molecular formula is C22H26N8O5. The second-order valence-electron chi connectivity index (χ2n) is 7.69. The number of fused-ring (bicyclic) bond motifs is 1. The molecule has 4 N–H and O–H groups in total. The summed E-state index contributed by atoms with van der Waals surface area (Å²) in [6.45, 7) is 2.80. The molecule has 0 saturated carbocycles. The number of benzene rings is 1. The molecule has 0 aliphatic carbocycles. The number of carbonyl (C=O) groups is 2. The van der Waals surface area contributed by atoms with Gasteiger partial charge in [0.15, 0.2) is 0 Å². The van der Waals surface area contributed by atoms with Gasteiger partial charge in [-0.05, 0) is 18.6 Å². The van der Waals surface area contributed by atoms with E-state index < -0.39 is 5.91 Å². The maximum Gasteiger partial charge on any atom is 0.243 e. The lowest BCUT2D eigenvalue weighted by molar-refractivity contribution is -0.129. The van der Waals surface area contributed by atoms with Gasteiger partial charge in [0, 0.05) is 43.6 Å².